The molecular weight excluding hydrogens is 1380 g/mol. The third-order valence-corrected chi connectivity index (χ3v) is 17.8. The van der Waals surface area contributed by atoms with Gasteiger partial charge in [0.15, 0.2) is 16.7 Å². The average molecular weight is 1480 g/mol. The van der Waals surface area contributed by atoms with E-state index in [1.165, 1.54) is 11.8 Å². The van der Waals surface area contributed by atoms with Gasteiger partial charge in [0.05, 0.1) is 146 Å². The maximum absolute atomic E-state index is 14.1. The molecule has 4 N–H and O–H groups in total. The lowest BCUT2D eigenvalue weighted by Crippen LogP contribution is -2.47. The number of anilines is 1. The molecule has 105 heavy (non-hydrogen) atoms. The van der Waals surface area contributed by atoms with Gasteiger partial charge in [-0.05, 0) is 105 Å². The molecule has 568 valence electrons. The maximum atomic E-state index is 14.1. The summed E-state index contributed by atoms with van der Waals surface area (Å²) in [6.45, 7) is 10.2. The van der Waals surface area contributed by atoms with Crippen molar-refractivity contribution in [3.8, 4) is 29.0 Å². The van der Waals surface area contributed by atoms with Crippen LogP contribution in [0.15, 0.2) is 77.1 Å². The third-order valence-electron chi connectivity index (χ3n) is 17.2. The Labute approximate surface area is 614 Å². The van der Waals surface area contributed by atoms with Gasteiger partial charge in [0.2, 0.25) is 11.5 Å². The van der Waals surface area contributed by atoms with Crippen LogP contribution < -0.4 is 16.6 Å². The van der Waals surface area contributed by atoms with Crippen LogP contribution in [0.25, 0.3) is 22.3 Å². The van der Waals surface area contributed by atoms with Crippen molar-refractivity contribution in [2.24, 2.45) is 11.7 Å². The van der Waals surface area contributed by atoms with Gasteiger partial charge in [-0.15, -0.1) is 5.10 Å². The Morgan fingerprint density at radius 2 is 1.37 bits per heavy atom. The maximum Gasteiger partial charge on any atom is 0.510 e. The van der Waals surface area contributed by atoms with Crippen LogP contribution in [0.5, 0.6) is 5.75 Å². The smallest absolute Gasteiger partial charge is 0.508 e. The Morgan fingerprint density at radius 1 is 0.733 bits per heavy atom. The van der Waals surface area contributed by atoms with E-state index >= 15 is 0 Å². The first-order valence-corrected chi connectivity index (χ1v) is 37.0. The standard InChI is InChI=1S/C75H97N9O20S/c1-4-62-63-43-59(86)22-23-67(63)80-69-64(62)48-84-68(69)44-66-65(71(84)90)52-102-72(91)75(66,5-2)104-74(92)103-49-53-16-18-56(19-17-53)79-70(89)55(13-9-10-24-76)42-61(88)51-101-50-60(87)15-11-26-93-28-30-95-32-34-97-36-38-99-40-41-100-39-37-98-35-33-96-31-29-94-27-25-83-47-57(81-82-83)20-21-58(85)14-8-6-7-12-54-45-77-73(105-3)78-46-54/h16-19,22-23,43-47,55,86H,4-6,8-11,13-15,20-21,24-42,48-52,76H2,1-3H3,(H,79,89)/t55-,75+/m1/s1. The number of amides is 1. The molecule has 0 saturated heterocycles. The van der Waals surface area contributed by atoms with Crippen molar-refractivity contribution in [3.05, 3.63) is 117 Å². The van der Waals surface area contributed by atoms with Gasteiger partial charge in [-0.1, -0.05) is 61.2 Å². The summed E-state index contributed by atoms with van der Waals surface area (Å²) in [7, 11) is 0. The minimum Gasteiger partial charge on any atom is -0.508 e. The van der Waals surface area contributed by atoms with Crippen molar-refractivity contribution in [2.75, 3.05) is 137 Å². The number of benzene rings is 2. The predicted molar refractivity (Wildman–Crippen MR) is 385 cm³/mol. The Kier molecular flexibility index (Phi) is 35.3. The van der Waals surface area contributed by atoms with Gasteiger partial charge in [-0.3, -0.25) is 24.0 Å². The number of aromatic hydroxyl groups is 1. The van der Waals surface area contributed by atoms with Crippen LogP contribution in [-0.4, -0.2) is 207 Å². The van der Waals surface area contributed by atoms with Crippen LogP contribution in [0.3, 0.4) is 0 Å². The summed E-state index contributed by atoms with van der Waals surface area (Å²) >= 11 is 1.48. The summed E-state index contributed by atoms with van der Waals surface area (Å²) < 4.78 is 70.1. The molecular formula is C75H97N9O20S. The number of esters is 1. The number of pyridine rings is 2. The summed E-state index contributed by atoms with van der Waals surface area (Å²) in [6, 6.07) is 13.1. The van der Waals surface area contributed by atoms with E-state index in [1.807, 2.05) is 19.4 Å². The van der Waals surface area contributed by atoms with E-state index < -0.39 is 29.2 Å². The molecule has 0 aliphatic carbocycles. The monoisotopic (exact) mass is 1480 g/mol. The molecule has 0 fully saturated rings. The first-order chi connectivity index (χ1) is 51.2. The summed E-state index contributed by atoms with van der Waals surface area (Å²) in [4.78, 5) is 106. The first-order valence-electron chi connectivity index (χ1n) is 35.8. The fraction of sp³-hybridized carbons (Fsp3) is 0.547. The van der Waals surface area contributed by atoms with E-state index in [2.05, 4.69) is 37.4 Å². The van der Waals surface area contributed by atoms with E-state index in [0.29, 0.717) is 216 Å². The Hall–Kier alpha value is -8.45. The number of Topliss-reactive ketones (excluding diaryl/α,β-unsaturated/α-hetero) is 3. The van der Waals surface area contributed by atoms with Gasteiger partial charge in [0, 0.05) is 85.4 Å². The molecule has 2 atom stereocenters. The van der Waals surface area contributed by atoms with Gasteiger partial charge in [0.1, 0.15) is 38.0 Å². The SMILES string of the molecule is CCc1c2c(nc3ccc(O)cc13)-c1cc3c(c(=O)n1C2)COC(=O)[C@@]3(CC)OC(=O)OCc1ccc(NC(=O)[C@H](CCCCN)CC(=O)COCC(=O)CCCOCCOCCOCCOCCOCCOCCOCCOCCn2cc(CCC(=O)CCCC#Cc3cnc(SC)nc3)nn2)cc1. The summed E-state index contributed by atoms with van der Waals surface area (Å²) in [6.07, 6.45) is 11.5. The summed E-state index contributed by atoms with van der Waals surface area (Å²) in [5.74, 6) is 3.94. The molecule has 29 nitrogen and oxygen atoms in total. The lowest BCUT2D eigenvalue weighted by Gasteiger charge is -2.35. The third kappa shape index (κ3) is 26.5. The topological polar surface area (TPSA) is 363 Å². The van der Waals surface area contributed by atoms with Crippen LogP contribution >= 0.6 is 11.8 Å². The number of aromatic nitrogens is 7. The average Bonchev–Trinajstić information content (AvgIpc) is 1.63. The predicted octanol–water partition coefficient (Wildman–Crippen LogP) is 7.38. The minimum absolute atomic E-state index is 0.0696. The molecule has 1 amide bonds. The van der Waals surface area contributed by atoms with Crippen LogP contribution in [-0.2, 0) is 126 Å². The number of phenols is 1. The zero-order valence-electron chi connectivity index (χ0n) is 60.2. The molecule has 6 heterocycles. The number of ether oxygens (including phenoxy) is 12. The van der Waals surface area contributed by atoms with Crippen molar-refractivity contribution >= 4 is 63.7 Å². The lowest BCUT2D eigenvalue weighted by molar-refractivity contribution is -0.175. The molecule has 0 saturated carbocycles. The summed E-state index contributed by atoms with van der Waals surface area (Å²) in [5, 5.41) is 22.9. The van der Waals surface area contributed by atoms with Crippen molar-refractivity contribution in [3.63, 3.8) is 0 Å². The van der Waals surface area contributed by atoms with Crippen LogP contribution in [0.1, 0.15) is 124 Å². The number of carbonyl (C=O) groups excluding carboxylic acids is 6. The molecule has 0 bridgehead atoms. The molecule has 2 aliphatic rings. The number of unbranched alkanes of at least 4 members (excludes halogenated alkanes) is 2. The molecule has 6 aromatic rings. The van der Waals surface area contributed by atoms with Crippen molar-refractivity contribution in [1.29, 1.82) is 0 Å². The highest BCUT2D eigenvalue weighted by atomic mass is 32.2. The van der Waals surface area contributed by atoms with E-state index in [-0.39, 0.29) is 92.4 Å². The number of phenolic OH excluding ortho intramolecular Hbond substituents is 1. The van der Waals surface area contributed by atoms with Gasteiger partial charge >= 0.3 is 12.1 Å². The van der Waals surface area contributed by atoms with Gasteiger partial charge in [0.25, 0.3) is 5.56 Å². The number of fused-ring (bicyclic) bond motifs is 5. The number of nitrogens with zero attached hydrogens (tertiary/aromatic N) is 7. The van der Waals surface area contributed by atoms with E-state index in [1.54, 1.807) is 77.1 Å². The lowest BCUT2D eigenvalue weighted by atomic mass is 9.85. The largest absolute Gasteiger partial charge is 0.510 e. The highest BCUT2D eigenvalue weighted by Crippen LogP contribution is 2.43. The number of nitrogens with two attached hydrogens (primary N) is 1. The number of ketones is 3. The zero-order chi connectivity index (χ0) is 74.4. The molecule has 0 radical (unpaired) electrons. The minimum atomic E-state index is -2.00. The van der Waals surface area contributed by atoms with Crippen LogP contribution in [0.4, 0.5) is 10.5 Å². The Morgan fingerprint density at radius 3 is 2.01 bits per heavy atom. The molecule has 8 rings (SSSR count). The van der Waals surface area contributed by atoms with Crippen LogP contribution in [0, 0.1) is 17.8 Å². The second-order valence-corrected chi connectivity index (χ2v) is 25.5. The molecule has 0 spiro atoms. The molecule has 30 heteroatoms. The zero-order valence-corrected chi connectivity index (χ0v) is 61.0. The van der Waals surface area contributed by atoms with Gasteiger partial charge < -0.3 is 77.6 Å². The Bertz CT molecular complexity index is 3900. The number of thioether (sulfide) groups is 1. The number of carbonyl (C=O) groups is 6. The highest BCUT2D eigenvalue weighted by molar-refractivity contribution is 7.98. The summed E-state index contributed by atoms with van der Waals surface area (Å²) in [5.41, 5.74) is 9.58. The van der Waals surface area contributed by atoms with Gasteiger partial charge in [-0.2, -0.15) is 0 Å². The number of rotatable bonds is 52. The number of hydrogen-bond acceptors (Lipinski definition) is 27. The van der Waals surface area contributed by atoms with Crippen molar-refractivity contribution in [2.45, 2.75) is 134 Å². The van der Waals surface area contributed by atoms with Crippen molar-refractivity contribution in [1.82, 2.24) is 34.5 Å². The highest BCUT2D eigenvalue weighted by Gasteiger charge is 2.51. The van der Waals surface area contributed by atoms with Crippen molar-refractivity contribution < 1.29 is 90.7 Å². The number of nitrogens with one attached hydrogen (secondary N) is 1. The number of aryl methyl sites for hydroxylation is 2. The quantitative estimate of drug-likeness (QED) is 0.0110. The number of cyclic esters (lactones) is 1. The molecule has 2 aliphatic heterocycles. The van der Waals surface area contributed by atoms with E-state index in [0.717, 1.165) is 27.8 Å². The second kappa shape index (κ2) is 45.1. The molecule has 0 unspecified atom stereocenters. The van der Waals surface area contributed by atoms with E-state index in [9.17, 15) is 38.7 Å². The number of hydrogen-bond donors (Lipinski definition) is 3. The molecule has 2 aromatic carbocycles. The fourth-order valence-electron chi connectivity index (χ4n) is 11.6. The first kappa shape index (κ1) is 82.2. The molecule has 4 aromatic heterocycles. The van der Waals surface area contributed by atoms with Crippen LogP contribution in [0.2, 0.25) is 0 Å². The Balaban J connectivity index is 0.577. The second-order valence-electron chi connectivity index (χ2n) is 24.8. The van der Waals surface area contributed by atoms with Gasteiger partial charge in [-0.25, -0.2) is 29.2 Å². The van der Waals surface area contributed by atoms with E-state index in [4.69, 9.17) is 67.6 Å². The fourth-order valence-corrected chi connectivity index (χ4v) is 12.0. The normalized spacial score (nSPS) is 13.9.